The lowest BCUT2D eigenvalue weighted by molar-refractivity contribution is 0.169. The Morgan fingerprint density at radius 2 is 1.91 bits per heavy atom. The molecule has 8 heteroatoms. The first kappa shape index (κ1) is 22.0. The van der Waals surface area contributed by atoms with Crippen molar-refractivity contribution >= 4 is 5.96 Å². The molecule has 170 valence electrons. The minimum atomic E-state index is 0.692. The maximum absolute atomic E-state index is 5.45. The summed E-state index contributed by atoms with van der Waals surface area (Å²) in [5.41, 5.74) is 2.24. The lowest BCUT2D eigenvalue weighted by Gasteiger charge is -2.36. The second-order valence-corrected chi connectivity index (χ2v) is 7.81. The zero-order valence-corrected chi connectivity index (χ0v) is 18.6. The molecule has 1 fully saturated rings. The number of guanidine groups is 1. The van der Waals surface area contributed by atoms with Crippen molar-refractivity contribution in [2.24, 2.45) is 4.99 Å². The largest absolute Gasteiger partial charge is 0.497 e. The van der Waals surface area contributed by atoms with E-state index in [0.717, 1.165) is 75.3 Å². The van der Waals surface area contributed by atoms with Crippen molar-refractivity contribution in [2.75, 3.05) is 46.4 Å². The van der Waals surface area contributed by atoms with Crippen LogP contribution in [-0.4, -0.2) is 67.3 Å². The van der Waals surface area contributed by atoms with E-state index in [0.29, 0.717) is 6.54 Å². The maximum atomic E-state index is 5.45. The number of aliphatic imine (C=N–C) groups is 1. The summed E-state index contributed by atoms with van der Waals surface area (Å²) in [6.07, 6.45) is 5.05. The Morgan fingerprint density at radius 1 is 1.06 bits per heavy atom. The summed E-state index contributed by atoms with van der Waals surface area (Å²) in [7, 11) is 1.69. The fourth-order valence-electron chi connectivity index (χ4n) is 3.77. The highest BCUT2D eigenvalue weighted by Gasteiger charge is 2.20. The van der Waals surface area contributed by atoms with Crippen molar-refractivity contribution in [1.82, 2.24) is 20.3 Å². The van der Waals surface area contributed by atoms with Gasteiger partial charge in [-0.25, -0.2) is 0 Å². The lowest BCUT2D eigenvalue weighted by Crippen LogP contribution is -2.52. The fraction of sp³-hybridized carbons (Fsp3) is 0.417. The van der Waals surface area contributed by atoms with Gasteiger partial charge in [-0.2, -0.15) is 0 Å². The number of methoxy groups -OCH3 is 1. The second-order valence-electron chi connectivity index (χ2n) is 7.81. The van der Waals surface area contributed by atoms with Gasteiger partial charge in [0.25, 0.3) is 0 Å². The number of benzene rings is 1. The molecular weight excluding hydrogens is 406 g/mol. The van der Waals surface area contributed by atoms with Crippen LogP contribution in [0.5, 0.6) is 5.75 Å². The molecule has 0 spiro atoms. The van der Waals surface area contributed by atoms with E-state index >= 15 is 0 Å². The molecule has 1 aliphatic rings. The number of aromatic nitrogens is 1. The van der Waals surface area contributed by atoms with Gasteiger partial charge in [-0.3, -0.25) is 9.89 Å². The Kier molecular flexibility index (Phi) is 7.81. The van der Waals surface area contributed by atoms with Gasteiger partial charge in [0.1, 0.15) is 17.8 Å². The summed E-state index contributed by atoms with van der Waals surface area (Å²) in [5.74, 6) is 2.81. The second kappa shape index (κ2) is 11.4. The SMILES string of the molecule is COc1ccc(CCNC(=NCCc2ccco2)N2CCN(Cc3ccon3)CC2)cc1. The first-order chi connectivity index (χ1) is 15.8. The molecule has 1 N–H and O–H groups in total. The van der Waals surface area contributed by atoms with Gasteiger partial charge in [-0.05, 0) is 36.2 Å². The first-order valence-corrected chi connectivity index (χ1v) is 11.1. The zero-order chi connectivity index (χ0) is 22.0. The van der Waals surface area contributed by atoms with Gasteiger partial charge in [0.15, 0.2) is 5.96 Å². The number of nitrogens with zero attached hydrogens (tertiary/aromatic N) is 4. The van der Waals surface area contributed by atoms with Crippen LogP contribution in [0, 0.1) is 0 Å². The molecule has 3 heterocycles. The fourth-order valence-corrected chi connectivity index (χ4v) is 3.77. The Labute approximate surface area is 188 Å². The molecule has 0 aliphatic carbocycles. The summed E-state index contributed by atoms with van der Waals surface area (Å²) in [6.45, 7) is 6.11. The van der Waals surface area contributed by atoms with Crippen LogP contribution in [0.1, 0.15) is 17.0 Å². The van der Waals surface area contributed by atoms with Gasteiger partial charge in [0.05, 0.1) is 19.1 Å². The molecule has 1 saturated heterocycles. The molecule has 1 aliphatic heterocycles. The van der Waals surface area contributed by atoms with E-state index in [-0.39, 0.29) is 0 Å². The van der Waals surface area contributed by atoms with Gasteiger partial charge in [0, 0.05) is 58.3 Å². The standard InChI is InChI=1S/C24H31N5O3/c1-30-22-6-4-20(5-7-22)8-11-25-24(26-12-9-23-3-2-17-31-23)29-15-13-28(14-16-29)19-21-10-18-32-27-21/h2-7,10,17-18H,8-9,11-16,19H2,1H3,(H,25,26). The number of ether oxygens (including phenoxy) is 1. The molecule has 0 bridgehead atoms. The van der Waals surface area contributed by atoms with Crippen LogP contribution in [0.25, 0.3) is 0 Å². The molecule has 2 aromatic heterocycles. The van der Waals surface area contributed by atoms with E-state index < -0.39 is 0 Å². The number of piperazine rings is 1. The zero-order valence-electron chi connectivity index (χ0n) is 18.6. The molecule has 0 saturated carbocycles. The predicted octanol–water partition coefficient (Wildman–Crippen LogP) is 2.82. The third-order valence-corrected chi connectivity index (χ3v) is 5.60. The van der Waals surface area contributed by atoms with Crippen molar-refractivity contribution in [3.8, 4) is 5.75 Å². The van der Waals surface area contributed by atoms with E-state index in [2.05, 4.69) is 32.4 Å². The van der Waals surface area contributed by atoms with Gasteiger partial charge in [-0.15, -0.1) is 0 Å². The highest BCUT2D eigenvalue weighted by atomic mass is 16.5. The minimum Gasteiger partial charge on any atom is -0.497 e. The van der Waals surface area contributed by atoms with Crippen LogP contribution in [0.4, 0.5) is 0 Å². The van der Waals surface area contributed by atoms with Crippen LogP contribution >= 0.6 is 0 Å². The molecule has 4 rings (SSSR count). The van der Waals surface area contributed by atoms with Crippen LogP contribution in [0.3, 0.4) is 0 Å². The maximum Gasteiger partial charge on any atom is 0.194 e. The number of hydrogen-bond donors (Lipinski definition) is 1. The number of rotatable bonds is 9. The molecule has 0 radical (unpaired) electrons. The summed E-state index contributed by atoms with van der Waals surface area (Å²) < 4.78 is 15.6. The van der Waals surface area contributed by atoms with E-state index in [1.807, 2.05) is 30.3 Å². The predicted molar refractivity (Wildman–Crippen MR) is 123 cm³/mol. The van der Waals surface area contributed by atoms with Gasteiger partial charge in [0.2, 0.25) is 0 Å². The summed E-state index contributed by atoms with van der Waals surface area (Å²) in [4.78, 5) is 9.62. The summed E-state index contributed by atoms with van der Waals surface area (Å²) in [5, 5.41) is 7.60. The third kappa shape index (κ3) is 6.37. The quantitative estimate of drug-likeness (QED) is 0.407. The average molecular weight is 438 g/mol. The van der Waals surface area contributed by atoms with Gasteiger partial charge in [-0.1, -0.05) is 17.3 Å². The van der Waals surface area contributed by atoms with Crippen LogP contribution in [-0.2, 0) is 19.4 Å². The average Bonchev–Trinajstić information content (AvgIpc) is 3.54. The monoisotopic (exact) mass is 437 g/mol. The first-order valence-electron chi connectivity index (χ1n) is 11.1. The normalized spacial score (nSPS) is 15.2. The summed E-state index contributed by atoms with van der Waals surface area (Å²) in [6, 6.07) is 14.1. The molecule has 0 unspecified atom stereocenters. The molecule has 0 atom stereocenters. The summed E-state index contributed by atoms with van der Waals surface area (Å²) >= 11 is 0. The van der Waals surface area contributed by atoms with E-state index in [1.54, 1.807) is 19.6 Å². The van der Waals surface area contributed by atoms with Crippen molar-refractivity contribution < 1.29 is 13.7 Å². The molecule has 3 aromatic rings. The number of hydrogen-bond acceptors (Lipinski definition) is 6. The van der Waals surface area contributed by atoms with E-state index in [4.69, 9.17) is 18.7 Å². The van der Waals surface area contributed by atoms with E-state index in [9.17, 15) is 0 Å². The van der Waals surface area contributed by atoms with Crippen LogP contribution in [0.2, 0.25) is 0 Å². The van der Waals surface area contributed by atoms with Gasteiger partial charge < -0.3 is 23.9 Å². The Morgan fingerprint density at radius 3 is 2.59 bits per heavy atom. The number of nitrogens with one attached hydrogen (secondary N) is 1. The van der Waals surface area contributed by atoms with Crippen molar-refractivity contribution in [3.05, 3.63) is 72.0 Å². The van der Waals surface area contributed by atoms with Crippen molar-refractivity contribution in [3.63, 3.8) is 0 Å². The third-order valence-electron chi connectivity index (χ3n) is 5.60. The Balaban J connectivity index is 1.31. The number of furan rings is 1. The Bertz CT molecular complexity index is 931. The minimum absolute atomic E-state index is 0.692. The van der Waals surface area contributed by atoms with E-state index in [1.165, 1.54) is 5.56 Å². The van der Waals surface area contributed by atoms with Gasteiger partial charge >= 0.3 is 0 Å². The molecule has 8 nitrogen and oxygen atoms in total. The molecule has 32 heavy (non-hydrogen) atoms. The molecule has 1 aromatic carbocycles. The molecule has 0 amide bonds. The lowest BCUT2D eigenvalue weighted by atomic mass is 10.1. The molecular formula is C24H31N5O3. The smallest absolute Gasteiger partial charge is 0.194 e. The van der Waals surface area contributed by atoms with Crippen LogP contribution < -0.4 is 10.1 Å². The van der Waals surface area contributed by atoms with Crippen molar-refractivity contribution in [1.29, 1.82) is 0 Å². The Hall–Kier alpha value is -3.26. The van der Waals surface area contributed by atoms with Crippen molar-refractivity contribution in [2.45, 2.75) is 19.4 Å². The topological polar surface area (TPSA) is 79.3 Å². The van der Waals surface area contributed by atoms with Crippen LogP contribution in [0.15, 0.2) is 68.9 Å². The highest BCUT2D eigenvalue weighted by molar-refractivity contribution is 5.80. The highest BCUT2D eigenvalue weighted by Crippen LogP contribution is 2.12.